The number of thioether (sulfide) groups is 1. The van der Waals surface area contributed by atoms with Crippen molar-refractivity contribution in [1.29, 1.82) is 0 Å². The first-order valence-corrected chi connectivity index (χ1v) is 10.6. The molecule has 0 radical (unpaired) electrons. The second-order valence-corrected chi connectivity index (χ2v) is 8.70. The Balaban J connectivity index is 1.42. The SMILES string of the molecule is CC1CCC(NC(=O)c2ccc(C=C3Sc4ccccc4NC3=O)cc2)CC1. The molecule has 144 valence electrons. The Kier molecular flexibility index (Phi) is 5.53. The average Bonchev–Trinajstić information content (AvgIpc) is 2.71. The molecule has 1 fully saturated rings. The van der Waals surface area contributed by atoms with Gasteiger partial charge < -0.3 is 10.6 Å². The largest absolute Gasteiger partial charge is 0.349 e. The maximum absolute atomic E-state index is 12.5. The highest BCUT2D eigenvalue weighted by atomic mass is 32.2. The highest BCUT2D eigenvalue weighted by Crippen LogP contribution is 2.38. The summed E-state index contributed by atoms with van der Waals surface area (Å²) in [6, 6.07) is 15.5. The first-order chi connectivity index (χ1) is 13.6. The quantitative estimate of drug-likeness (QED) is 0.716. The number of nitrogens with one attached hydrogen (secondary N) is 2. The Bertz CT molecular complexity index is 912. The van der Waals surface area contributed by atoms with Crippen molar-refractivity contribution in [1.82, 2.24) is 5.32 Å². The first kappa shape index (κ1) is 18.8. The molecular formula is C23H24N2O2S. The van der Waals surface area contributed by atoms with Gasteiger partial charge in [0.15, 0.2) is 0 Å². The van der Waals surface area contributed by atoms with Crippen molar-refractivity contribution >= 4 is 35.3 Å². The average molecular weight is 393 g/mol. The summed E-state index contributed by atoms with van der Waals surface area (Å²) in [6.45, 7) is 2.27. The lowest BCUT2D eigenvalue weighted by Gasteiger charge is -2.26. The molecule has 1 aliphatic heterocycles. The zero-order valence-electron chi connectivity index (χ0n) is 15.9. The van der Waals surface area contributed by atoms with E-state index in [9.17, 15) is 9.59 Å². The van der Waals surface area contributed by atoms with Crippen LogP contribution in [-0.2, 0) is 4.79 Å². The number of hydrogen-bond acceptors (Lipinski definition) is 3. The molecule has 4 rings (SSSR count). The zero-order valence-corrected chi connectivity index (χ0v) is 16.7. The number of benzene rings is 2. The third-order valence-corrected chi connectivity index (χ3v) is 6.50. The van der Waals surface area contributed by atoms with E-state index in [2.05, 4.69) is 17.6 Å². The van der Waals surface area contributed by atoms with E-state index in [1.165, 1.54) is 24.6 Å². The van der Waals surface area contributed by atoms with Crippen LogP contribution in [0.1, 0.15) is 48.5 Å². The number of para-hydroxylation sites is 1. The van der Waals surface area contributed by atoms with Gasteiger partial charge in [-0.2, -0.15) is 0 Å². The molecule has 2 amide bonds. The summed E-state index contributed by atoms with van der Waals surface area (Å²) in [7, 11) is 0. The predicted octanol–water partition coefficient (Wildman–Crippen LogP) is 5.08. The van der Waals surface area contributed by atoms with Crippen molar-refractivity contribution < 1.29 is 9.59 Å². The molecule has 1 saturated carbocycles. The lowest BCUT2D eigenvalue weighted by atomic mass is 9.87. The van der Waals surface area contributed by atoms with Crippen molar-refractivity contribution in [2.75, 3.05) is 5.32 Å². The van der Waals surface area contributed by atoms with Crippen molar-refractivity contribution in [3.8, 4) is 0 Å². The zero-order chi connectivity index (χ0) is 19.5. The summed E-state index contributed by atoms with van der Waals surface area (Å²) in [4.78, 5) is 26.5. The van der Waals surface area contributed by atoms with Gasteiger partial charge in [0, 0.05) is 16.5 Å². The minimum atomic E-state index is -0.1000. The van der Waals surface area contributed by atoms with Crippen LogP contribution in [0.15, 0.2) is 58.3 Å². The molecule has 2 aromatic rings. The predicted molar refractivity (Wildman–Crippen MR) is 114 cm³/mol. The van der Waals surface area contributed by atoms with Crippen LogP contribution in [-0.4, -0.2) is 17.9 Å². The van der Waals surface area contributed by atoms with Gasteiger partial charge in [0.05, 0.1) is 10.6 Å². The normalized spacial score (nSPS) is 23.0. The number of anilines is 1. The lowest BCUT2D eigenvalue weighted by molar-refractivity contribution is -0.112. The van der Waals surface area contributed by atoms with E-state index in [0.717, 1.165) is 34.9 Å². The molecule has 1 heterocycles. The molecule has 2 aromatic carbocycles. The molecule has 28 heavy (non-hydrogen) atoms. The highest BCUT2D eigenvalue weighted by Gasteiger charge is 2.21. The van der Waals surface area contributed by atoms with E-state index in [4.69, 9.17) is 0 Å². The van der Waals surface area contributed by atoms with Gasteiger partial charge in [-0.3, -0.25) is 9.59 Å². The third kappa shape index (κ3) is 4.30. The number of rotatable bonds is 3. The Morgan fingerprint density at radius 1 is 1.07 bits per heavy atom. The second kappa shape index (κ2) is 8.23. The van der Waals surface area contributed by atoms with E-state index in [1.807, 2.05) is 54.6 Å². The lowest BCUT2D eigenvalue weighted by Crippen LogP contribution is -2.37. The summed E-state index contributed by atoms with van der Waals surface area (Å²) < 4.78 is 0. The van der Waals surface area contributed by atoms with Crippen LogP contribution in [0.4, 0.5) is 5.69 Å². The maximum atomic E-state index is 12.5. The monoisotopic (exact) mass is 392 g/mol. The van der Waals surface area contributed by atoms with Crippen molar-refractivity contribution in [2.45, 2.75) is 43.5 Å². The van der Waals surface area contributed by atoms with Gasteiger partial charge in [0.1, 0.15) is 0 Å². The first-order valence-electron chi connectivity index (χ1n) is 9.79. The summed E-state index contributed by atoms with van der Waals surface area (Å²) in [6.07, 6.45) is 6.34. The van der Waals surface area contributed by atoms with E-state index >= 15 is 0 Å². The molecule has 0 unspecified atom stereocenters. The Morgan fingerprint density at radius 2 is 1.79 bits per heavy atom. The van der Waals surface area contributed by atoms with Gasteiger partial charge in [0.25, 0.3) is 11.8 Å². The molecule has 0 bridgehead atoms. The van der Waals surface area contributed by atoms with Crippen molar-refractivity contribution in [3.63, 3.8) is 0 Å². The van der Waals surface area contributed by atoms with Crippen LogP contribution in [0.25, 0.3) is 6.08 Å². The van der Waals surface area contributed by atoms with Crippen LogP contribution >= 0.6 is 11.8 Å². The fourth-order valence-electron chi connectivity index (χ4n) is 3.66. The van der Waals surface area contributed by atoms with E-state index in [1.54, 1.807) is 0 Å². The standard InChI is InChI=1S/C23H24N2O2S/c1-15-6-12-18(13-7-15)24-22(26)17-10-8-16(9-11-17)14-21-23(27)25-19-4-2-3-5-20(19)28-21/h2-5,8-11,14-15,18H,6-7,12-13H2,1H3,(H,24,26)(H,25,27). The summed E-state index contributed by atoms with van der Waals surface area (Å²) in [5, 5.41) is 6.07. The molecule has 1 aliphatic carbocycles. The molecule has 0 saturated heterocycles. The third-order valence-electron chi connectivity index (χ3n) is 5.40. The van der Waals surface area contributed by atoms with Gasteiger partial charge in [-0.25, -0.2) is 0 Å². The van der Waals surface area contributed by atoms with E-state index < -0.39 is 0 Å². The molecule has 0 atom stereocenters. The molecule has 5 heteroatoms. The molecular weight excluding hydrogens is 368 g/mol. The van der Waals surface area contributed by atoms with Crippen LogP contribution in [0, 0.1) is 5.92 Å². The molecule has 0 spiro atoms. The number of carbonyl (C=O) groups is 2. The maximum Gasteiger partial charge on any atom is 0.262 e. The van der Waals surface area contributed by atoms with Crippen LogP contribution in [0.3, 0.4) is 0 Å². The van der Waals surface area contributed by atoms with Gasteiger partial charge in [0.2, 0.25) is 0 Å². The Labute approximate surface area is 169 Å². The minimum Gasteiger partial charge on any atom is -0.349 e. The van der Waals surface area contributed by atoms with Crippen LogP contribution in [0.5, 0.6) is 0 Å². The van der Waals surface area contributed by atoms with Crippen molar-refractivity contribution in [3.05, 3.63) is 64.6 Å². The number of hydrogen-bond donors (Lipinski definition) is 2. The highest BCUT2D eigenvalue weighted by molar-refractivity contribution is 8.04. The van der Waals surface area contributed by atoms with Crippen molar-refractivity contribution in [2.24, 2.45) is 5.92 Å². The number of carbonyl (C=O) groups excluding carboxylic acids is 2. The summed E-state index contributed by atoms with van der Waals surface area (Å²) in [5.41, 5.74) is 2.41. The fraction of sp³-hybridized carbons (Fsp3) is 0.304. The van der Waals surface area contributed by atoms with E-state index in [0.29, 0.717) is 10.5 Å². The van der Waals surface area contributed by atoms with Gasteiger partial charge in [-0.05, 0) is 67.5 Å². The van der Waals surface area contributed by atoms with Crippen LogP contribution in [0.2, 0.25) is 0 Å². The molecule has 2 aliphatic rings. The summed E-state index contributed by atoms with van der Waals surface area (Å²) >= 11 is 1.46. The minimum absolute atomic E-state index is 0.0162. The topological polar surface area (TPSA) is 58.2 Å². The Hall–Kier alpha value is -2.53. The second-order valence-electron chi connectivity index (χ2n) is 7.61. The number of amides is 2. The van der Waals surface area contributed by atoms with Gasteiger partial charge in [-0.15, -0.1) is 0 Å². The van der Waals surface area contributed by atoms with Crippen LogP contribution < -0.4 is 10.6 Å². The van der Waals surface area contributed by atoms with Gasteiger partial charge in [-0.1, -0.05) is 43.0 Å². The molecule has 4 nitrogen and oxygen atoms in total. The number of fused-ring (bicyclic) bond motifs is 1. The molecule has 2 N–H and O–H groups in total. The smallest absolute Gasteiger partial charge is 0.262 e. The fourth-order valence-corrected chi connectivity index (χ4v) is 4.61. The molecule has 0 aromatic heterocycles. The van der Waals surface area contributed by atoms with E-state index in [-0.39, 0.29) is 17.9 Å². The Morgan fingerprint density at radius 3 is 2.54 bits per heavy atom. The van der Waals surface area contributed by atoms with Gasteiger partial charge >= 0.3 is 0 Å². The summed E-state index contributed by atoms with van der Waals surface area (Å²) in [5.74, 6) is 0.650.